The quantitative estimate of drug-likeness (QED) is 0.361. The Bertz CT molecular complexity index is 820. The molecule has 0 aliphatic heterocycles. The van der Waals surface area contributed by atoms with Gasteiger partial charge in [-0.1, -0.05) is 81.0 Å². The highest BCUT2D eigenvalue weighted by atomic mass is 35.5. The molecule has 0 saturated carbocycles. The van der Waals surface area contributed by atoms with Crippen molar-refractivity contribution in [3.05, 3.63) is 70.9 Å². The fourth-order valence-electron chi connectivity index (χ4n) is 3.63. The van der Waals surface area contributed by atoms with E-state index in [0.29, 0.717) is 0 Å². The van der Waals surface area contributed by atoms with Crippen LogP contribution < -0.4 is 5.32 Å². The van der Waals surface area contributed by atoms with E-state index in [4.69, 9.17) is 11.6 Å². The topological polar surface area (TPSA) is 17.0 Å². The van der Waals surface area contributed by atoms with Gasteiger partial charge in [-0.05, 0) is 42.3 Å². The lowest BCUT2D eigenvalue weighted by Crippen LogP contribution is -2.14. The fraction of sp³-hybridized carbons (Fsp3) is 0.417. The summed E-state index contributed by atoms with van der Waals surface area (Å²) in [6.45, 7) is 5.17. The van der Waals surface area contributed by atoms with E-state index in [1.165, 1.54) is 60.6 Å². The molecule has 2 aromatic carbocycles. The van der Waals surface area contributed by atoms with Crippen molar-refractivity contribution in [2.75, 3.05) is 6.54 Å². The van der Waals surface area contributed by atoms with E-state index < -0.39 is 0 Å². The molecule has 0 saturated heterocycles. The van der Waals surface area contributed by atoms with Crippen LogP contribution in [0.15, 0.2) is 54.7 Å². The molecule has 0 spiro atoms. The van der Waals surface area contributed by atoms with E-state index in [2.05, 4.69) is 59.4 Å². The second kappa shape index (κ2) is 10.5. The number of aromatic nitrogens is 1. The average molecular weight is 383 g/mol. The summed E-state index contributed by atoms with van der Waals surface area (Å²) in [5, 5.41) is 5.78. The molecular formula is C24H31ClN2. The van der Waals surface area contributed by atoms with Gasteiger partial charge in [0.1, 0.15) is 0 Å². The van der Waals surface area contributed by atoms with Gasteiger partial charge in [0.05, 0.1) is 0 Å². The Morgan fingerprint density at radius 2 is 1.63 bits per heavy atom. The minimum atomic E-state index is 0.788. The molecule has 3 aromatic rings. The van der Waals surface area contributed by atoms with Crippen molar-refractivity contribution in [3.63, 3.8) is 0 Å². The summed E-state index contributed by atoms with van der Waals surface area (Å²) in [7, 11) is 0. The first-order valence-corrected chi connectivity index (χ1v) is 10.7. The van der Waals surface area contributed by atoms with Gasteiger partial charge in [-0.25, -0.2) is 0 Å². The summed E-state index contributed by atoms with van der Waals surface area (Å²) >= 11 is 6.02. The van der Waals surface area contributed by atoms with Gasteiger partial charge in [-0.15, -0.1) is 0 Å². The maximum absolute atomic E-state index is 6.02. The molecule has 144 valence electrons. The molecule has 3 rings (SSSR count). The van der Waals surface area contributed by atoms with Gasteiger partial charge < -0.3 is 9.88 Å². The smallest absolute Gasteiger partial charge is 0.0486 e. The lowest BCUT2D eigenvalue weighted by atomic mass is 10.1. The molecule has 1 N–H and O–H groups in total. The van der Waals surface area contributed by atoms with Crippen LogP contribution in [0.2, 0.25) is 5.02 Å². The van der Waals surface area contributed by atoms with Crippen molar-refractivity contribution in [2.24, 2.45) is 0 Å². The Balaban J connectivity index is 1.58. The summed E-state index contributed by atoms with van der Waals surface area (Å²) < 4.78 is 2.35. The average Bonchev–Trinajstić information content (AvgIpc) is 3.03. The fourth-order valence-corrected chi connectivity index (χ4v) is 3.76. The van der Waals surface area contributed by atoms with Crippen LogP contribution in [-0.2, 0) is 13.1 Å². The molecule has 0 atom stereocenters. The van der Waals surface area contributed by atoms with Gasteiger partial charge in [0.2, 0.25) is 0 Å². The molecule has 2 nitrogen and oxygen atoms in total. The van der Waals surface area contributed by atoms with Crippen LogP contribution in [0.1, 0.15) is 56.6 Å². The number of nitrogens with one attached hydrogen (secondary N) is 1. The first kappa shape index (κ1) is 20.0. The van der Waals surface area contributed by atoms with Crippen molar-refractivity contribution in [1.29, 1.82) is 0 Å². The molecule has 0 amide bonds. The zero-order valence-corrected chi connectivity index (χ0v) is 17.1. The van der Waals surface area contributed by atoms with Gasteiger partial charge >= 0.3 is 0 Å². The highest BCUT2D eigenvalue weighted by Crippen LogP contribution is 2.23. The number of hydrogen-bond acceptors (Lipinski definition) is 1. The van der Waals surface area contributed by atoms with Gasteiger partial charge in [0.15, 0.2) is 0 Å². The minimum Gasteiger partial charge on any atom is -0.343 e. The molecular weight excluding hydrogens is 352 g/mol. The summed E-state index contributed by atoms with van der Waals surface area (Å²) in [6, 6.07) is 16.8. The summed E-state index contributed by atoms with van der Waals surface area (Å²) in [5.74, 6) is 0. The zero-order chi connectivity index (χ0) is 18.9. The Morgan fingerprint density at radius 1 is 0.889 bits per heavy atom. The number of halogens is 1. The van der Waals surface area contributed by atoms with E-state index in [-0.39, 0.29) is 0 Å². The Morgan fingerprint density at radius 3 is 2.44 bits per heavy atom. The largest absolute Gasteiger partial charge is 0.343 e. The maximum Gasteiger partial charge on any atom is 0.0486 e. The number of para-hydroxylation sites is 1. The summed E-state index contributed by atoms with van der Waals surface area (Å²) in [5.41, 5.74) is 3.95. The number of fused-ring (bicyclic) bond motifs is 1. The van der Waals surface area contributed by atoms with Gasteiger partial charge in [0, 0.05) is 35.2 Å². The Hall–Kier alpha value is -1.77. The van der Waals surface area contributed by atoms with Gasteiger partial charge in [0.25, 0.3) is 0 Å². The van der Waals surface area contributed by atoms with Crippen LogP contribution >= 0.6 is 11.6 Å². The second-order valence-electron chi connectivity index (χ2n) is 7.37. The molecule has 0 aliphatic rings. The molecule has 0 aliphatic carbocycles. The van der Waals surface area contributed by atoms with E-state index in [1.807, 2.05) is 12.1 Å². The van der Waals surface area contributed by atoms with Gasteiger partial charge in [-0.2, -0.15) is 0 Å². The standard InChI is InChI=1S/C24H31ClN2/c1-2-3-4-5-6-9-16-26-17-21-19-27(24-11-8-7-10-23(21)24)18-20-12-14-22(25)15-13-20/h7-8,10-15,19,26H,2-6,9,16-18H2,1H3. The van der Waals surface area contributed by atoms with Crippen LogP contribution in [-0.4, -0.2) is 11.1 Å². The van der Waals surface area contributed by atoms with Crippen LogP contribution in [0, 0.1) is 0 Å². The van der Waals surface area contributed by atoms with E-state index in [9.17, 15) is 0 Å². The number of nitrogens with zero attached hydrogens (tertiary/aromatic N) is 1. The predicted octanol–water partition coefficient (Wildman–Crippen LogP) is 6.79. The van der Waals surface area contributed by atoms with Crippen molar-refractivity contribution >= 4 is 22.5 Å². The second-order valence-corrected chi connectivity index (χ2v) is 7.81. The van der Waals surface area contributed by atoms with Crippen LogP contribution in [0.4, 0.5) is 0 Å². The van der Waals surface area contributed by atoms with E-state index in [0.717, 1.165) is 24.7 Å². The van der Waals surface area contributed by atoms with Crippen molar-refractivity contribution in [3.8, 4) is 0 Å². The molecule has 27 heavy (non-hydrogen) atoms. The molecule has 1 aromatic heterocycles. The third-order valence-corrected chi connectivity index (χ3v) is 5.41. The van der Waals surface area contributed by atoms with Crippen molar-refractivity contribution in [2.45, 2.75) is 58.5 Å². The maximum atomic E-state index is 6.02. The number of benzene rings is 2. The molecule has 1 heterocycles. The van der Waals surface area contributed by atoms with E-state index in [1.54, 1.807) is 0 Å². The molecule has 0 bridgehead atoms. The highest BCUT2D eigenvalue weighted by Gasteiger charge is 2.08. The predicted molar refractivity (Wildman–Crippen MR) is 118 cm³/mol. The number of unbranched alkanes of at least 4 members (excludes halogenated alkanes) is 5. The van der Waals surface area contributed by atoms with Gasteiger partial charge in [-0.3, -0.25) is 0 Å². The SMILES string of the molecule is CCCCCCCCNCc1cn(Cc2ccc(Cl)cc2)c2ccccc12. The van der Waals surface area contributed by atoms with Crippen LogP contribution in [0.5, 0.6) is 0 Å². The lowest BCUT2D eigenvalue weighted by Gasteiger charge is -2.05. The molecule has 3 heteroatoms. The number of hydrogen-bond donors (Lipinski definition) is 1. The Labute approximate surface area is 168 Å². The third-order valence-electron chi connectivity index (χ3n) is 5.16. The third kappa shape index (κ3) is 5.85. The molecule has 0 fully saturated rings. The van der Waals surface area contributed by atoms with Crippen LogP contribution in [0.3, 0.4) is 0 Å². The highest BCUT2D eigenvalue weighted by molar-refractivity contribution is 6.30. The molecule has 0 radical (unpaired) electrons. The molecule has 0 unspecified atom stereocenters. The van der Waals surface area contributed by atoms with Crippen molar-refractivity contribution < 1.29 is 0 Å². The monoisotopic (exact) mass is 382 g/mol. The van der Waals surface area contributed by atoms with E-state index >= 15 is 0 Å². The first-order valence-electron chi connectivity index (χ1n) is 10.3. The van der Waals surface area contributed by atoms with Crippen LogP contribution in [0.25, 0.3) is 10.9 Å². The first-order chi connectivity index (χ1) is 13.3. The lowest BCUT2D eigenvalue weighted by molar-refractivity contribution is 0.572. The summed E-state index contributed by atoms with van der Waals surface area (Å²) in [4.78, 5) is 0. The normalized spacial score (nSPS) is 11.3. The Kier molecular flexibility index (Phi) is 7.79. The zero-order valence-electron chi connectivity index (χ0n) is 16.4. The number of rotatable bonds is 11. The summed E-state index contributed by atoms with van der Waals surface area (Å²) in [6.07, 6.45) is 10.4. The van der Waals surface area contributed by atoms with Crippen molar-refractivity contribution in [1.82, 2.24) is 9.88 Å². The minimum absolute atomic E-state index is 0.788.